The highest BCUT2D eigenvalue weighted by Crippen LogP contribution is 2.53. The number of benzene rings is 3. The number of amides is 2. The number of aliphatic hydroxyl groups is 1. The van der Waals surface area contributed by atoms with Crippen LogP contribution in [0.15, 0.2) is 36.4 Å². The summed E-state index contributed by atoms with van der Waals surface area (Å²) >= 11 is 0. The van der Waals surface area contributed by atoms with Crippen LogP contribution < -0.4 is 25.8 Å². The van der Waals surface area contributed by atoms with Gasteiger partial charge < -0.3 is 45.5 Å². The van der Waals surface area contributed by atoms with E-state index < -0.39 is 78.3 Å². The second kappa shape index (κ2) is 26.7. The molecule has 378 valence electrons. The molecule has 6 atom stereocenters. The summed E-state index contributed by atoms with van der Waals surface area (Å²) in [7, 11) is 0. The van der Waals surface area contributed by atoms with Gasteiger partial charge in [-0.25, -0.2) is 49.1 Å². The Morgan fingerprint density at radius 2 is 0.955 bits per heavy atom. The van der Waals surface area contributed by atoms with Crippen LogP contribution in [-0.2, 0) is 9.47 Å². The van der Waals surface area contributed by atoms with Crippen LogP contribution in [0.5, 0.6) is 17.2 Å². The molecule has 3 fully saturated rings. The van der Waals surface area contributed by atoms with Crippen molar-refractivity contribution in [2.24, 2.45) is 23.5 Å². The molecule has 2 amide bonds. The molecule has 3 aliphatic carbocycles. The van der Waals surface area contributed by atoms with Crippen LogP contribution in [0.4, 0.5) is 49.1 Å². The van der Waals surface area contributed by atoms with Crippen LogP contribution in [-0.4, -0.2) is 93.1 Å². The molecule has 0 heterocycles. The zero-order valence-corrected chi connectivity index (χ0v) is 39.0. The first kappa shape index (κ1) is 58.3. The molecule has 3 aromatic rings. The second-order valence-electron chi connectivity index (χ2n) is 17.6. The molecule has 21 heteroatoms. The third-order valence-electron chi connectivity index (χ3n) is 10.0. The fraction of sp³-hybridized carbons (Fsp3) is 0.565. The standard InChI is InChI=1S/C17H22F3NO3.C15H19F2NO3.C12H14F3NO.C2H5FO.ClH/c1-17(2,3)24-16(22)21-9-10-8-11(10)14-13(23-7-6-18)5-4-12(19)15(14)20;1-15(2,3)21-14(20)18-7-8-6-9(8)12-11(19)5-4-10(16)13(12)17;13-3-4-17-10-2-1-9(14)12(15)11(10)8-5-7(8)6-16;3-1-2-4;/h4-5,10-11H,6-9H2,1-3H3,(H,21,22);4-5,8-9,19H,6-7H2,1-3H3,(H,18,20);1-2,7-8H,3-6,16H2;4H,1-2H2;1H. The number of alkyl halides is 3. The van der Waals surface area contributed by atoms with E-state index in [-0.39, 0.29) is 108 Å². The van der Waals surface area contributed by atoms with Crippen molar-refractivity contribution < 1.29 is 78.3 Å². The van der Waals surface area contributed by atoms with Gasteiger partial charge in [0.15, 0.2) is 34.9 Å². The van der Waals surface area contributed by atoms with E-state index in [1.807, 2.05) is 0 Å². The lowest BCUT2D eigenvalue weighted by Crippen LogP contribution is -2.33. The van der Waals surface area contributed by atoms with Crippen molar-refractivity contribution in [2.45, 2.75) is 89.8 Å². The minimum atomic E-state index is -1.01. The first-order valence-electron chi connectivity index (χ1n) is 21.3. The second-order valence-corrected chi connectivity index (χ2v) is 17.6. The summed E-state index contributed by atoms with van der Waals surface area (Å²) in [6.45, 7) is 8.83. The van der Waals surface area contributed by atoms with Gasteiger partial charge in [-0.1, -0.05) is 0 Å². The van der Waals surface area contributed by atoms with E-state index in [4.69, 9.17) is 29.8 Å². The normalized spacial score (nSPS) is 19.8. The number of nitrogens with one attached hydrogen (secondary N) is 2. The van der Waals surface area contributed by atoms with Crippen molar-refractivity contribution >= 4 is 24.6 Å². The minimum Gasteiger partial charge on any atom is -0.508 e. The topological polar surface area (TPSA) is 162 Å². The minimum absolute atomic E-state index is 0. The molecule has 6 N–H and O–H groups in total. The number of aliphatic hydroxyl groups excluding tert-OH is 1. The zero-order valence-electron chi connectivity index (χ0n) is 38.1. The van der Waals surface area contributed by atoms with Crippen molar-refractivity contribution in [3.05, 3.63) is 88.0 Å². The average Bonchev–Trinajstić information content (AvgIpc) is 4.16. The average molecular weight is 990 g/mol. The number of nitrogens with two attached hydrogens (primary N) is 1. The van der Waals surface area contributed by atoms with E-state index in [1.165, 1.54) is 12.1 Å². The molecule has 6 rings (SSSR count). The first-order chi connectivity index (χ1) is 31.0. The van der Waals surface area contributed by atoms with Crippen LogP contribution in [0.2, 0.25) is 0 Å². The maximum absolute atomic E-state index is 14.1. The highest BCUT2D eigenvalue weighted by Gasteiger charge is 2.44. The molecule has 0 bridgehead atoms. The number of alkyl carbamates (subject to hydrolysis) is 2. The molecule has 3 aromatic carbocycles. The van der Waals surface area contributed by atoms with E-state index in [0.29, 0.717) is 25.9 Å². The van der Waals surface area contributed by atoms with Gasteiger partial charge in [-0.2, -0.15) is 0 Å². The van der Waals surface area contributed by atoms with Gasteiger partial charge in [0.05, 0.1) is 6.61 Å². The zero-order chi connectivity index (χ0) is 49.5. The van der Waals surface area contributed by atoms with Crippen molar-refractivity contribution in [3.63, 3.8) is 0 Å². The fourth-order valence-corrected chi connectivity index (χ4v) is 6.82. The van der Waals surface area contributed by atoms with Gasteiger partial charge in [-0.15, -0.1) is 12.4 Å². The third kappa shape index (κ3) is 18.7. The summed E-state index contributed by atoms with van der Waals surface area (Å²) in [5, 5.41) is 22.4. The Balaban J connectivity index is 0.000000333. The Morgan fingerprint density at radius 3 is 1.30 bits per heavy atom. The lowest BCUT2D eigenvalue weighted by Gasteiger charge is -2.19. The molecule has 0 spiro atoms. The molecule has 0 radical (unpaired) electrons. The van der Waals surface area contributed by atoms with Crippen molar-refractivity contribution in [1.29, 1.82) is 0 Å². The molecule has 0 aliphatic heterocycles. The number of ether oxygens (including phenoxy) is 4. The molecule has 0 aromatic heterocycles. The summed E-state index contributed by atoms with van der Waals surface area (Å²) < 4.78 is 137. The maximum atomic E-state index is 14.1. The van der Waals surface area contributed by atoms with E-state index in [1.54, 1.807) is 41.5 Å². The lowest BCUT2D eigenvalue weighted by molar-refractivity contribution is 0.0513. The van der Waals surface area contributed by atoms with Crippen molar-refractivity contribution in [3.8, 4) is 17.2 Å². The fourth-order valence-electron chi connectivity index (χ4n) is 6.82. The number of phenolic OH excluding ortho intramolecular Hbond substituents is 1. The number of rotatable bonds is 15. The predicted octanol–water partition coefficient (Wildman–Crippen LogP) is 9.99. The summed E-state index contributed by atoms with van der Waals surface area (Å²) in [6.07, 6.45) is 0.799. The van der Waals surface area contributed by atoms with Crippen LogP contribution in [0.3, 0.4) is 0 Å². The Labute approximate surface area is 390 Å². The third-order valence-corrected chi connectivity index (χ3v) is 10.0. The highest BCUT2D eigenvalue weighted by atomic mass is 35.5. The van der Waals surface area contributed by atoms with Gasteiger partial charge in [0.25, 0.3) is 0 Å². The smallest absolute Gasteiger partial charge is 0.407 e. The molecular formula is C46H61ClF9N3O8. The van der Waals surface area contributed by atoms with E-state index in [0.717, 1.165) is 30.7 Å². The SMILES string of the molecule is CC(C)(C)OC(=O)NCC1CC1c1c(O)ccc(F)c1F.CC(C)(C)OC(=O)NCC1CC1c1c(OCCF)ccc(F)c1F.Cl.NCC1CC1c1c(OCCF)ccc(F)c1F.OCCF. The number of phenols is 1. The maximum Gasteiger partial charge on any atom is 0.407 e. The molecule has 3 saturated carbocycles. The summed E-state index contributed by atoms with van der Waals surface area (Å²) in [5.41, 5.74) is 4.60. The lowest BCUT2D eigenvalue weighted by atomic mass is 10.1. The van der Waals surface area contributed by atoms with E-state index in [9.17, 15) is 54.2 Å². The van der Waals surface area contributed by atoms with E-state index in [2.05, 4.69) is 10.6 Å². The predicted molar refractivity (Wildman–Crippen MR) is 234 cm³/mol. The Bertz CT molecular complexity index is 2060. The Hall–Kier alpha value is -4.82. The number of aromatic hydroxyl groups is 1. The molecule has 3 aliphatic rings. The molecular weight excluding hydrogens is 929 g/mol. The van der Waals surface area contributed by atoms with Gasteiger partial charge in [0, 0.05) is 29.8 Å². The van der Waals surface area contributed by atoms with Gasteiger partial charge in [0.1, 0.15) is 61.7 Å². The van der Waals surface area contributed by atoms with Crippen LogP contribution >= 0.6 is 12.4 Å². The number of hydrogen-bond acceptors (Lipinski definition) is 9. The Morgan fingerprint density at radius 1 is 0.612 bits per heavy atom. The van der Waals surface area contributed by atoms with E-state index >= 15 is 0 Å². The molecule has 67 heavy (non-hydrogen) atoms. The Kier molecular flexibility index (Phi) is 23.2. The van der Waals surface area contributed by atoms with Crippen LogP contribution in [0.1, 0.15) is 95.2 Å². The van der Waals surface area contributed by atoms with Gasteiger partial charge in [-0.05, 0) is 139 Å². The van der Waals surface area contributed by atoms with Crippen molar-refractivity contribution in [2.75, 3.05) is 59.5 Å². The number of carbonyl (C=O) groups excluding carboxylic acids is 2. The number of halogens is 10. The van der Waals surface area contributed by atoms with Gasteiger partial charge in [0.2, 0.25) is 0 Å². The molecule has 11 nitrogen and oxygen atoms in total. The highest BCUT2D eigenvalue weighted by molar-refractivity contribution is 5.85. The van der Waals surface area contributed by atoms with Crippen molar-refractivity contribution in [1.82, 2.24) is 10.6 Å². The quantitative estimate of drug-likeness (QED) is 0.0934. The summed E-state index contributed by atoms with van der Waals surface area (Å²) in [6, 6.07) is 6.64. The van der Waals surface area contributed by atoms with Crippen LogP contribution in [0, 0.1) is 52.7 Å². The summed E-state index contributed by atoms with van der Waals surface area (Å²) in [4.78, 5) is 23.1. The largest absolute Gasteiger partial charge is 0.508 e. The monoisotopic (exact) mass is 989 g/mol. The summed E-state index contributed by atoms with van der Waals surface area (Å²) in [5.74, 6) is -6.19. The number of hydrogen-bond donors (Lipinski definition) is 5. The van der Waals surface area contributed by atoms with Gasteiger partial charge >= 0.3 is 12.2 Å². The van der Waals surface area contributed by atoms with Crippen LogP contribution in [0.25, 0.3) is 0 Å². The van der Waals surface area contributed by atoms with Gasteiger partial charge in [-0.3, -0.25) is 0 Å². The first-order valence-corrected chi connectivity index (χ1v) is 21.3. The number of carbonyl (C=O) groups is 2. The molecule has 6 unspecified atom stereocenters. The molecule has 0 saturated heterocycles.